The second-order valence-electron chi connectivity index (χ2n) is 10.3. The summed E-state index contributed by atoms with van der Waals surface area (Å²) in [5.74, 6) is 2.86. The molecule has 2 aromatic carbocycles. The van der Waals surface area contributed by atoms with Gasteiger partial charge in [-0.2, -0.15) is 13.2 Å². The van der Waals surface area contributed by atoms with Crippen molar-refractivity contribution in [1.82, 2.24) is 10.1 Å². The summed E-state index contributed by atoms with van der Waals surface area (Å²) in [4.78, 5) is 6.85. The Morgan fingerprint density at radius 3 is 2.51 bits per heavy atom. The Hall–Kier alpha value is -4.07. The number of hydrogen-bond donors (Lipinski definition) is 0. The fourth-order valence-corrected chi connectivity index (χ4v) is 5.07. The molecule has 1 saturated carbocycles. The van der Waals surface area contributed by atoms with Crippen LogP contribution < -0.4 is 9.64 Å². The normalized spacial score (nSPS) is 16.1. The third-order valence-corrected chi connectivity index (χ3v) is 7.33. The molecule has 2 fully saturated rings. The topological polar surface area (TPSA) is 51.4 Å². The summed E-state index contributed by atoms with van der Waals surface area (Å²) in [5, 5.41) is 4.10. The summed E-state index contributed by atoms with van der Waals surface area (Å²) in [6.45, 7) is 3.59. The van der Waals surface area contributed by atoms with Crippen molar-refractivity contribution in [3.63, 3.8) is 0 Å². The van der Waals surface area contributed by atoms with E-state index in [0.29, 0.717) is 11.3 Å². The minimum atomic E-state index is -4.47. The lowest BCUT2D eigenvalue weighted by molar-refractivity contribution is -0.137. The minimum absolute atomic E-state index is 0.0473. The molecule has 0 N–H and O–H groups in total. The Bertz CT molecular complexity index is 1520. The molecular weight excluding hydrogens is 503 g/mol. The molecule has 0 atom stereocenters. The molecule has 0 unspecified atom stereocenters. The number of pyridine rings is 1. The van der Waals surface area contributed by atoms with Crippen molar-refractivity contribution < 1.29 is 22.4 Å². The van der Waals surface area contributed by atoms with Gasteiger partial charge in [0.15, 0.2) is 0 Å². The summed E-state index contributed by atoms with van der Waals surface area (Å²) >= 11 is 0. The third kappa shape index (κ3) is 5.15. The lowest BCUT2D eigenvalue weighted by Crippen LogP contribution is -2.46. The number of alkyl halides is 3. The van der Waals surface area contributed by atoms with Gasteiger partial charge in [0.2, 0.25) is 0 Å². The van der Waals surface area contributed by atoms with Crippen LogP contribution in [0.4, 0.5) is 19.0 Å². The maximum Gasteiger partial charge on any atom is 0.417 e. The van der Waals surface area contributed by atoms with Crippen LogP contribution in [0, 0.1) is 12.8 Å². The van der Waals surface area contributed by atoms with Crippen molar-refractivity contribution in [3.8, 4) is 28.1 Å². The Labute approximate surface area is 224 Å². The van der Waals surface area contributed by atoms with E-state index in [1.165, 1.54) is 12.1 Å². The number of rotatable bonds is 7. The molecule has 4 aromatic rings. The fourth-order valence-electron chi connectivity index (χ4n) is 5.07. The van der Waals surface area contributed by atoms with Gasteiger partial charge in [0.25, 0.3) is 0 Å². The van der Waals surface area contributed by atoms with Crippen LogP contribution in [-0.2, 0) is 6.18 Å². The average Bonchev–Trinajstić information content (AvgIpc) is 3.66. The van der Waals surface area contributed by atoms with Gasteiger partial charge in [0, 0.05) is 47.8 Å². The summed E-state index contributed by atoms with van der Waals surface area (Å²) in [6.07, 6.45) is 3.28. The molecule has 0 spiro atoms. The molecule has 200 valence electrons. The van der Waals surface area contributed by atoms with Crippen LogP contribution in [0.3, 0.4) is 0 Å². The van der Waals surface area contributed by atoms with E-state index in [9.17, 15) is 13.2 Å². The number of methoxy groups -OCH3 is 1. The number of aromatic nitrogens is 2. The monoisotopic (exact) mass is 531 g/mol. The molecule has 0 bridgehead atoms. The summed E-state index contributed by atoms with van der Waals surface area (Å²) in [5.41, 5.74) is 3.44. The molecule has 39 heavy (non-hydrogen) atoms. The second kappa shape index (κ2) is 9.91. The minimum Gasteiger partial charge on any atom is -0.497 e. The Morgan fingerprint density at radius 1 is 1.03 bits per heavy atom. The highest BCUT2D eigenvalue weighted by Gasteiger charge is 2.37. The van der Waals surface area contributed by atoms with Crippen LogP contribution >= 0.6 is 0 Å². The van der Waals surface area contributed by atoms with E-state index >= 15 is 0 Å². The van der Waals surface area contributed by atoms with E-state index in [-0.39, 0.29) is 23.1 Å². The first kappa shape index (κ1) is 25.2. The van der Waals surface area contributed by atoms with Crippen LogP contribution in [0.1, 0.15) is 41.2 Å². The first-order valence-electron chi connectivity index (χ1n) is 13.0. The SMILES string of the molecule is COc1cc(C)cc(-c2ccc(N3CC(/C=C/c4c(-c5ccccc5C(F)(F)F)noc4C4CC4)C3)nc2)c1. The van der Waals surface area contributed by atoms with Crippen LogP contribution in [0.15, 0.2) is 71.4 Å². The van der Waals surface area contributed by atoms with Crippen molar-refractivity contribution in [2.45, 2.75) is 31.9 Å². The third-order valence-electron chi connectivity index (χ3n) is 7.33. The lowest BCUT2D eigenvalue weighted by Gasteiger charge is -2.38. The zero-order valence-electron chi connectivity index (χ0n) is 21.7. The largest absolute Gasteiger partial charge is 0.497 e. The van der Waals surface area contributed by atoms with Crippen LogP contribution in [0.5, 0.6) is 5.75 Å². The van der Waals surface area contributed by atoms with Gasteiger partial charge in [-0.3, -0.25) is 0 Å². The van der Waals surface area contributed by atoms with E-state index < -0.39 is 11.7 Å². The van der Waals surface area contributed by atoms with Gasteiger partial charge in [0.1, 0.15) is 23.0 Å². The number of ether oxygens (including phenoxy) is 1. The van der Waals surface area contributed by atoms with Gasteiger partial charge < -0.3 is 14.2 Å². The summed E-state index contributed by atoms with van der Waals surface area (Å²) < 4.78 is 52.1. The first-order valence-corrected chi connectivity index (χ1v) is 13.0. The molecule has 5 nitrogen and oxygen atoms in total. The zero-order valence-corrected chi connectivity index (χ0v) is 21.7. The fraction of sp³-hybridized carbons (Fsp3) is 0.290. The number of aryl methyl sites for hydroxylation is 1. The average molecular weight is 532 g/mol. The predicted molar refractivity (Wildman–Crippen MR) is 145 cm³/mol. The second-order valence-corrected chi connectivity index (χ2v) is 10.3. The maximum atomic E-state index is 13.7. The Kier molecular flexibility index (Phi) is 6.41. The number of anilines is 1. The van der Waals surface area contributed by atoms with Crippen LogP contribution in [0.25, 0.3) is 28.5 Å². The van der Waals surface area contributed by atoms with Crippen LogP contribution in [0.2, 0.25) is 0 Å². The van der Waals surface area contributed by atoms with Gasteiger partial charge in [-0.05, 0) is 61.2 Å². The van der Waals surface area contributed by atoms with Crippen molar-refractivity contribution in [2.24, 2.45) is 5.92 Å². The molecule has 2 aromatic heterocycles. The van der Waals surface area contributed by atoms with Gasteiger partial charge in [-0.15, -0.1) is 0 Å². The molecule has 0 radical (unpaired) electrons. The molecule has 3 heterocycles. The molecular formula is C31H28F3N3O2. The van der Waals surface area contributed by atoms with Crippen molar-refractivity contribution in [3.05, 3.63) is 89.3 Å². The van der Waals surface area contributed by atoms with E-state index in [2.05, 4.69) is 33.2 Å². The van der Waals surface area contributed by atoms with E-state index in [4.69, 9.17) is 9.26 Å². The number of hydrogen-bond acceptors (Lipinski definition) is 5. The van der Waals surface area contributed by atoms with E-state index in [1.807, 2.05) is 37.4 Å². The molecule has 6 rings (SSSR count). The predicted octanol–water partition coefficient (Wildman–Crippen LogP) is 7.77. The van der Waals surface area contributed by atoms with E-state index in [0.717, 1.165) is 60.3 Å². The van der Waals surface area contributed by atoms with E-state index in [1.54, 1.807) is 13.2 Å². The summed E-state index contributed by atoms with van der Waals surface area (Å²) in [6, 6.07) is 15.7. The number of benzene rings is 2. The molecule has 8 heteroatoms. The zero-order chi connectivity index (χ0) is 27.1. The highest BCUT2D eigenvalue weighted by Crippen LogP contribution is 2.46. The van der Waals surface area contributed by atoms with Gasteiger partial charge in [-0.25, -0.2) is 4.98 Å². The Balaban J connectivity index is 1.18. The summed E-state index contributed by atoms with van der Waals surface area (Å²) in [7, 11) is 1.66. The lowest BCUT2D eigenvalue weighted by atomic mass is 9.95. The smallest absolute Gasteiger partial charge is 0.417 e. The molecule has 1 saturated heterocycles. The maximum absolute atomic E-state index is 13.7. The molecule has 1 aliphatic heterocycles. The number of nitrogens with zero attached hydrogens (tertiary/aromatic N) is 3. The van der Waals surface area contributed by atoms with Crippen molar-refractivity contribution in [1.29, 1.82) is 0 Å². The van der Waals surface area contributed by atoms with Crippen LogP contribution in [-0.4, -0.2) is 30.3 Å². The van der Waals surface area contributed by atoms with Gasteiger partial charge in [-0.1, -0.05) is 41.6 Å². The standard InChI is InChI=1S/C31H28F3N3O2/c1-19-13-23(15-24(14-19)38-2)22-10-12-28(35-16-22)37-17-20(18-37)7-11-26-29(36-39-30(26)21-8-9-21)25-5-3-4-6-27(25)31(32,33)34/h3-7,10-16,20-21H,8-9,17-18H2,1-2H3/b11-7+. The number of halogens is 3. The van der Waals surface area contributed by atoms with Crippen molar-refractivity contribution >= 4 is 11.9 Å². The first-order chi connectivity index (χ1) is 18.8. The molecule has 1 aliphatic carbocycles. The van der Waals surface area contributed by atoms with Gasteiger partial charge in [0.05, 0.1) is 12.7 Å². The molecule has 2 aliphatic rings. The van der Waals surface area contributed by atoms with Crippen molar-refractivity contribution in [2.75, 3.05) is 25.1 Å². The quantitative estimate of drug-likeness (QED) is 0.244. The highest BCUT2D eigenvalue weighted by atomic mass is 19.4. The highest BCUT2D eigenvalue weighted by molar-refractivity contribution is 5.76. The molecule has 0 amide bonds. The Morgan fingerprint density at radius 2 is 1.82 bits per heavy atom. The van der Waals surface area contributed by atoms with Gasteiger partial charge >= 0.3 is 6.18 Å².